The van der Waals surface area contributed by atoms with Crippen molar-refractivity contribution >= 4 is 68.1 Å². The van der Waals surface area contributed by atoms with Gasteiger partial charge in [0.25, 0.3) is 0 Å². The highest BCUT2D eigenvalue weighted by atomic mass is 32.2. The second-order valence-corrected chi connectivity index (χ2v) is 12.4. The van der Waals surface area contributed by atoms with E-state index in [0.29, 0.717) is 17.7 Å². The van der Waals surface area contributed by atoms with Gasteiger partial charge in [-0.25, -0.2) is 23.4 Å². The summed E-state index contributed by atoms with van der Waals surface area (Å²) in [6, 6.07) is 8.82. The first-order valence-electron chi connectivity index (χ1n) is 14.3. The van der Waals surface area contributed by atoms with Crippen molar-refractivity contribution in [2.45, 2.75) is 50.1 Å². The molecular weight excluding hydrogens is 630 g/mol. The number of benzene rings is 2. The van der Waals surface area contributed by atoms with Crippen molar-refractivity contribution in [3.63, 3.8) is 0 Å². The van der Waals surface area contributed by atoms with Crippen LogP contribution in [0.1, 0.15) is 30.5 Å². The van der Waals surface area contributed by atoms with Gasteiger partial charge in [-0.15, -0.1) is 0 Å². The highest BCUT2D eigenvalue weighted by Crippen LogP contribution is 2.31. The van der Waals surface area contributed by atoms with Crippen molar-refractivity contribution in [3.8, 4) is 0 Å². The molecule has 2 aromatic heterocycles. The number of anilines is 4. The van der Waals surface area contributed by atoms with Gasteiger partial charge in [-0.2, -0.15) is 10.1 Å². The SMILES string of the molecule is Cc1ccc(N(C(=O)C[C@@H](C=O)NC(=O)[C@@H](N)CCC(=O)O)c2nccc(N(C)c3ccc4c(C)n(C)nc4c3)n2)cc1S(N)(=O)=O. The van der Waals surface area contributed by atoms with Gasteiger partial charge >= 0.3 is 5.97 Å². The summed E-state index contributed by atoms with van der Waals surface area (Å²) >= 11 is 0. The van der Waals surface area contributed by atoms with Crippen LogP contribution in [0, 0.1) is 13.8 Å². The summed E-state index contributed by atoms with van der Waals surface area (Å²) in [5.41, 5.74) is 8.61. The van der Waals surface area contributed by atoms with Crippen LogP contribution in [-0.2, 0) is 36.2 Å². The molecule has 6 N–H and O–H groups in total. The molecule has 0 radical (unpaired) electrons. The first kappa shape index (κ1) is 34.6. The summed E-state index contributed by atoms with van der Waals surface area (Å²) in [4.78, 5) is 60.6. The van der Waals surface area contributed by atoms with Gasteiger partial charge in [0.2, 0.25) is 27.8 Å². The lowest BCUT2D eigenvalue weighted by Gasteiger charge is -2.25. The summed E-state index contributed by atoms with van der Waals surface area (Å²) < 4.78 is 26.5. The predicted molar refractivity (Wildman–Crippen MR) is 173 cm³/mol. The number of fused-ring (bicyclic) bond motifs is 1. The molecule has 0 fully saturated rings. The van der Waals surface area contributed by atoms with Crippen LogP contribution in [0.4, 0.5) is 23.1 Å². The predicted octanol–water partition coefficient (Wildman–Crippen LogP) is 1.33. The van der Waals surface area contributed by atoms with Crippen LogP contribution >= 0.6 is 0 Å². The van der Waals surface area contributed by atoms with Crippen LogP contribution in [0.25, 0.3) is 10.9 Å². The summed E-state index contributed by atoms with van der Waals surface area (Å²) in [6.07, 6.45) is 0.590. The summed E-state index contributed by atoms with van der Waals surface area (Å²) in [6.45, 7) is 3.50. The molecule has 2 heterocycles. The number of carbonyl (C=O) groups is 4. The maximum atomic E-state index is 13.9. The summed E-state index contributed by atoms with van der Waals surface area (Å²) in [5, 5.41) is 22.2. The number of hydrogen-bond donors (Lipinski definition) is 4. The third-order valence-electron chi connectivity index (χ3n) is 7.55. The minimum absolute atomic E-state index is 0.0314. The minimum atomic E-state index is -4.20. The van der Waals surface area contributed by atoms with E-state index in [1.165, 1.54) is 31.3 Å². The number of aliphatic carboxylic acids is 1. The van der Waals surface area contributed by atoms with Gasteiger partial charge in [0.05, 0.1) is 34.6 Å². The summed E-state index contributed by atoms with van der Waals surface area (Å²) in [7, 11) is -0.598. The molecule has 4 rings (SSSR count). The first-order chi connectivity index (χ1) is 22.1. The molecule has 0 aliphatic heterocycles. The number of sulfonamides is 1. The van der Waals surface area contributed by atoms with Gasteiger partial charge < -0.3 is 25.9 Å². The molecule has 2 atom stereocenters. The number of nitrogens with two attached hydrogens (primary N) is 2. The fourth-order valence-corrected chi connectivity index (χ4v) is 5.61. The van der Waals surface area contributed by atoms with E-state index >= 15 is 0 Å². The van der Waals surface area contributed by atoms with Gasteiger partial charge in [-0.05, 0) is 62.2 Å². The van der Waals surface area contributed by atoms with E-state index in [-0.39, 0.29) is 29.4 Å². The maximum absolute atomic E-state index is 13.9. The fourth-order valence-electron chi connectivity index (χ4n) is 4.81. The van der Waals surface area contributed by atoms with Gasteiger partial charge in [-0.1, -0.05) is 6.07 Å². The number of carboxylic acid groups (broad SMARTS) is 1. The molecule has 16 nitrogen and oxygen atoms in total. The third-order valence-corrected chi connectivity index (χ3v) is 8.60. The van der Waals surface area contributed by atoms with Crippen LogP contribution < -0.4 is 26.0 Å². The average Bonchev–Trinajstić information content (AvgIpc) is 3.31. The normalized spacial score (nSPS) is 12.7. The number of nitrogens with one attached hydrogen (secondary N) is 1. The Kier molecular flexibility index (Phi) is 10.3. The lowest BCUT2D eigenvalue weighted by atomic mass is 10.1. The molecule has 0 aliphatic carbocycles. The average molecular weight is 666 g/mol. The number of carbonyl (C=O) groups excluding carboxylic acids is 3. The minimum Gasteiger partial charge on any atom is -0.481 e. The highest BCUT2D eigenvalue weighted by molar-refractivity contribution is 7.89. The van der Waals surface area contributed by atoms with Gasteiger partial charge in [0.15, 0.2) is 0 Å². The zero-order chi connectivity index (χ0) is 34.6. The molecule has 0 saturated carbocycles. The maximum Gasteiger partial charge on any atom is 0.303 e. The molecule has 47 heavy (non-hydrogen) atoms. The lowest BCUT2D eigenvalue weighted by molar-refractivity contribution is -0.137. The number of rotatable bonds is 13. The second-order valence-electron chi connectivity index (χ2n) is 10.9. The Morgan fingerprint density at radius 2 is 1.81 bits per heavy atom. The van der Waals surface area contributed by atoms with Crippen molar-refractivity contribution in [2.75, 3.05) is 16.8 Å². The Morgan fingerprint density at radius 3 is 2.47 bits per heavy atom. The quantitative estimate of drug-likeness (QED) is 0.148. The van der Waals surface area contributed by atoms with E-state index in [0.717, 1.165) is 27.2 Å². The second kappa shape index (κ2) is 14.0. The van der Waals surface area contributed by atoms with E-state index in [2.05, 4.69) is 20.4 Å². The fraction of sp³-hybridized carbons (Fsp3) is 0.300. The molecule has 0 aliphatic rings. The molecule has 4 aromatic rings. The number of aldehydes is 1. The lowest BCUT2D eigenvalue weighted by Crippen LogP contribution is -2.48. The molecule has 2 aromatic carbocycles. The van der Waals surface area contributed by atoms with Crippen LogP contribution in [0.3, 0.4) is 0 Å². The Bertz CT molecular complexity index is 1960. The Hall–Kier alpha value is -5.26. The number of carboxylic acids is 1. The highest BCUT2D eigenvalue weighted by Gasteiger charge is 2.28. The molecular formula is C30H35N9O7S. The Labute approximate surface area is 270 Å². The van der Waals surface area contributed by atoms with Crippen molar-refractivity contribution in [2.24, 2.45) is 17.9 Å². The monoisotopic (exact) mass is 665 g/mol. The number of primary sulfonamides is 1. The van der Waals surface area contributed by atoms with E-state index in [1.807, 2.05) is 32.2 Å². The van der Waals surface area contributed by atoms with Crippen LogP contribution in [0.15, 0.2) is 53.6 Å². The molecule has 17 heteroatoms. The zero-order valence-corrected chi connectivity index (χ0v) is 26.9. The van der Waals surface area contributed by atoms with Gasteiger partial charge in [-0.3, -0.25) is 19.1 Å². The Morgan fingerprint density at radius 1 is 1.11 bits per heavy atom. The molecule has 0 unspecified atom stereocenters. The van der Waals surface area contributed by atoms with Crippen molar-refractivity contribution in [1.82, 2.24) is 25.1 Å². The van der Waals surface area contributed by atoms with E-state index in [9.17, 15) is 27.6 Å². The van der Waals surface area contributed by atoms with Gasteiger partial charge in [0.1, 0.15) is 12.1 Å². The largest absolute Gasteiger partial charge is 0.481 e. The molecule has 0 spiro atoms. The zero-order valence-electron chi connectivity index (χ0n) is 26.1. The smallest absolute Gasteiger partial charge is 0.303 e. The first-order valence-corrected chi connectivity index (χ1v) is 15.8. The van der Waals surface area contributed by atoms with E-state index in [4.69, 9.17) is 16.0 Å². The molecule has 0 saturated heterocycles. The molecule has 0 bridgehead atoms. The van der Waals surface area contributed by atoms with Crippen LogP contribution in [0.5, 0.6) is 0 Å². The van der Waals surface area contributed by atoms with Gasteiger partial charge in [0, 0.05) is 43.5 Å². The standard InChI is InChI=1S/C30H35N9O7S/c1-17-5-6-21(15-25(17)47(32,45)46)39(27(41)13-19(16-40)34-29(44)23(31)9-10-28(42)43)30-33-12-11-26(35-30)37(3)20-7-8-22-18(2)38(4)36-24(22)14-20/h5-8,11-12,14-16,19,23H,9-10,13,31H2,1-4H3,(H,34,44)(H,42,43)(H2,32,45,46)/t19-,23-/m0/s1. The van der Waals surface area contributed by atoms with Crippen molar-refractivity contribution < 1.29 is 32.7 Å². The van der Waals surface area contributed by atoms with Crippen molar-refractivity contribution in [3.05, 3.63) is 59.9 Å². The number of aromatic nitrogens is 4. The summed E-state index contributed by atoms with van der Waals surface area (Å²) in [5.74, 6) is -2.55. The van der Waals surface area contributed by atoms with E-state index < -0.39 is 46.3 Å². The Balaban J connectivity index is 1.71. The number of amides is 2. The topological polar surface area (TPSA) is 237 Å². The van der Waals surface area contributed by atoms with E-state index in [1.54, 1.807) is 22.7 Å². The van der Waals surface area contributed by atoms with Crippen LogP contribution in [-0.4, -0.2) is 76.5 Å². The van der Waals surface area contributed by atoms with Crippen molar-refractivity contribution in [1.29, 1.82) is 0 Å². The van der Waals surface area contributed by atoms with Crippen LogP contribution in [0.2, 0.25) is 0 Å². The molecule has 248 valence electrons. The number of aryl methyl sites for hydroxylation is 3. The number of nitrogens with zero attached hydrogens (tertiary/aromatic N) is 6. The number of hydrogen-bond acceptors (Lipinski definition) is 11. The third kappa shape index (κ3) is 7.94. The molecule has 2 amide bonds.